The summed E-state index contributed by atoms with van der Waals surface area (Å²) in [6.45, 7) is 1.88. The van der Waals surface area contributed by atoms with Crippen molar-refractivity contribution >= 4 is 17.0 Å². The number of hydrogen-bond donors (Lipinski definition) is 2. The predicted molar refractivity (Wildman–Crippen MR) is 52.7 cm³/mol. The van der Waals surface area contributed by atoms with Crippen molar-refractivity contribution in [1.82, 2.24) is 15.2 Å². The zero-order chi connectivity index (χ0) is 10.8. The quantitative estimate of drug-likeness (QED) is 0.699. The Morgan fingerprint density at radius 2 is 2.40 bits per heavy atom. The number of esters is 1. The van der Waals surface area contributed by atoms with Crippen LogP contribution in [0.3, 0.4) is 0 Å². The van der Waals surface area contributed by atoms with Gasteiger partial charge in [-0.15, -0.1) is 0 Å². The van der Waals surface area contributed by atoms with Gasteiger partial charge in [0.15, 0.2) is 0 Å². The minimum Gasteiger partial charge on any atom is -0.461 e. The molecule has 2 heterocycles. The lowest BCUT2D eigenvalue weighted by Crippen LogP contribution is -2.20. The average Bonchev–Trinajstić information content (AvgIpc) is 2.67. The molecule has 0 amide bonds. The fourth-order valence-corrected chi connectivity index (χ4v) is 1.28. The summed E-state index contributed by atoms with van der Waals surface area (Å²) in [6, 6.07) is 1.58. The number of H-pyrrole nitrogens is 2. The minimum absolute atomic E-state index is 0.213. The summed E-state index contributed by atoms with van der Waals surface area (Å²) in [5.41, 5.74) is -0.152. The van der Waals surface area contributed by atoms with Crippen LogP contribution in [-0.2, 0) is 4.74 Å². The summed E-state index contributed by atoms with van der Waals surface area (Å²) in [5, 5.41) is 6.62. The van der Waals surface area contributed by atoms with Crippen molar-refractivity contribution in [2.45, 2.75) is 6.92 Å². The van der Waals surface area contributed by atoms with Crippen LogP contribution < -0.4 is 5.43 Å². The van der Waals surface area contributed by atoms with Crippen molar-refractivity contribution < 1.29 is 9.53 Å². The van der Waals surface area contributed by atoms with Gasteiger partial charge in [0.25, 0.3) is 0 Å². The van der Waals surface area contributed by atoms with E-state index in [1.807, 2.05) is 0 Å². The van der Waals surface area contributed by atoms with E-state index in [2.05, 4.69) is 15.2 Å². The van der Waals surface area contributed by atoms with Crippen LogP contribution >= 0.6 is 0 Å². The Bertz CT molecular complexity index is 555. The van der Waals surface area contributed by atoms with E-state index >= 15 is 0 Å². The molecular weight excluding hydrogens is 198 g/mol. The van der Waals surface area contributed by atoms with E-state index < -0.39 is 11.4 Å². The average molecular weight is 207 g/mol. The molecule has 2 aromatic heterocycles. The van der Waals surface area contributed by atoms with Gasteiger partial charge in [-0.3, -0.25) is 9.89 Å². The molecule has 0 aliphatic rings. The lowest BCUT2D eigenvalue weighted by molar-refractivity contribution is 0.0517. The standard InChI is InChI=1S/C9H9N3O3/c1-2-15-9(14)6-7(13)5-3-4-10-8(5)12-11-6/h3-4H,2H2,1H3,(H2,10,12,13). The second-order valence-electron chi connectivity index (χ2n) is 2.89. The van der Waals surface area contributed by atoms with Crippen LogP contribution in [0.2, 0.25) is 0 Å². The number of ether oxygens (including phenoxy) is 1. The third-order valence-electron chi connectivity index (χ3n) is 1.95. The molecule has 0 saturated heterocycles. The molecular formula is C9H9N3O3. The van der Waals surface area contributed by atoms with Gasteiger partial charge in [0.05, 0.1) is 12.0 Å². The lowest BCUT2D eigenvalue weighted by Gasteiger charge is -1.99. The van der Waals surface area contributed by atoms with E-state index in [1.165, 1.54) is 0 Å². The first-order chi connectivity index (χ1) is 7.24. The Hall–Kier alpha value is -2.11. The van der Waals surface area contributed by atoms with E-state index in [9.17, 15) is 9.59 Å². The first-order valence-electron chi connectivity index (χ1n) is 4.47. The Balaban J connectivity index is 2.57. The summed E-state index contributed by atoms with van der Waals surface area (Å²) in [6.07, 6.45) is 1.60. The molecule has 2 N–H and O–H groups in total. The van der Waals surface area contributed by atoms with Crippen LogP contribution in [0.1, 0.15) is 17.4 Å². The number of carbonyl (C=O) groups is 1. The van der Waals surface area contributed by atoms with Crippen molar-refractivity contribution in [1.29, 1.82) is 0 Å². The highest BCUT2D eigenvalue weighted by atomic mass is 16.5. The van der Waals surface area contributed by atoms with Crippen molar-refractivity contribution in [3.63, 3.8) is 0 Å². The zero-order valence-corrected chi connectivity index (χ0v) is 8.03. The molecule has 0 aliphatic heterocycles. The number of nitrogens with zero attached hydrogens (tertiary/aromatic N) is 1. The monoisotopic (exact) mass is 207 g/mol. The maximum Gasteiger partial charge on any atom is 0.362 e. The summed E-state index contributed by atoms with van der Waals surface area (Å²) in [5.74, 6) is -0.707. The Morgan fingerprint density at radius 1 is 1.60 bits per heavy atom. The number of nitrogens with one attached hydrogen (secondary N) is 2. The zero-order valence-electron chi connectivity index (χ0n) is 8.03. The van der Waals surface area contributed by atoms with Crippen LogP contribution in [0, 0.1) is 0 Å². The highest BCUT2D eigenvalue weighted by molar-refractivity contribution is 5.90. The van der Waals surface area contributed by atoms with E-state index in [0.717, 1.165) is 0 Å². The molecule has 0 aromatic carbocycles. The maximum absolute atomic E-state index is 11.7. The highest BCUT2D eigenvalue weighted by Crippen LogP contribution is 2.03. The van der Waals surface area contributed by atoms with Gasteiger partial charge in [-0.2, -0.15) is 5.10 Å². The van der Waals surface area contributed by atoms with Crippen molar-refractivity contribution in [2.75, 3.05) is 6.61 Å². The minimum atomic E-state index is -0.707. The largest absolute Gasteiger partial charge is 0.461 e. The number of aromatic amines is 2. The Labute approximate surface area is 84.3 Å². The molecule has 0 aliphatic carbocycles. The first kappa shape index (κ1) is 9.45. The fraction of sp³-hybridized carbons (Fsp3) is 0.222. The van der Waals surface area contributed by atoms with Crippen LogP contribution in [0.15, 0.2) is 17.1 Å². The van der Waals surface area contributed by atoms with Gasteiger partial charge in [-0.1, -0.05) is 0 Å². The Morgan fingerprint density at radius 3 is 3.13 bits per heavy atom. The van der Waals surface area contributed by atoms with Crippen LogP contribution in [0.25, 0.3) is 11.0 Å². The number of rotatable bonds is 2. The van der Waals surface area contributed by atoms with Crippen molar-refractivity contribution in [2.24, 2.45) is 0 Å². The van der Waals surface area contributed by atoms with Gasteiger partial charge < -0.3 is 9.72 Å². The van der Waals surface area contributed by atoms with Crippen LogP contribution in [0.5, 0.6) is 0 Å². The summed E-state index contributed by atoms with van der Waals surface area (Å²) < 4.78 is 4.70. The van der Waals surface area contributed by atoms with Crippen molar-refractivity contribution in [3.05, 3.63) is 28.2 Å². The molecule has 0 unspecified atom stereocenters. The van der Waals surface area contributed by atoms with E-state index in [0.29, 0.717) is 11.0 Å². The highest BCUT2D eigenvalue weighted by Gasteiger charge is 2.15. The second-order valence-corrected chi connectivity index (χ2v) is 2.89. The molecule has 0 atom stereocenters. The van der Waals surface area contributed by atoms with Crippen LogP contribution in [0.4, 0.5) is 0 Å². The molecule has 0 spiro atoms. The van der Waals surface area contributed by atoms with Crippen molar-refractivity contribution in [3.8, 4) is 0 Å². The summed E-state index contributed by atoms with van der Waals surface area (Å²) >= 11 is 0. The van der Waals surface area contributed by atoms with Crippen LogP contribution in [-0.4, -0.2) is 27.8 Å². The first-order valence-corrected chi connectivity index (χ1v) is 4.47. The molecule has 6 heteroatoms. The summed E-state index contributed by atoms with van der Waals surface area (Å²) in [4.78, 5) is 25.8. The Kier molecular flexibility index (Phi) is 2.24. The third kappa shape index (κ3) is 1.50. The molecule has 0 saturated carbocycles. The SMILES string of the molecule is CCOC(=O)c1n[nH]c2[nH]ccc2c1=O. The number of aromatic nitrogens is 3. The van der Waals surface area contributed by atoms with Gasteiger partial charge >= 0.3 is 5.97 Å². The fourth-order valence-electron chi connectivity index (χ4n) is 1.28. The molecule has 0 bridgehead atoms. The number of fused-ring (bicyclic) bond motifs is 1. The number of hydrogen-bond acceptors (Lipinski definition) is 4. The molecule has 2 rings (SSSR count). The normalized spacial score (nSPS) is 10.5. The molecule has 0 fully saturated rings. The second kappa shape index (κ2) is 3.56. The van der Waals surface area contributed by atoms with Gasteiger partial charge in [0, 0.05) is 6.20 Å². The van der Waals surface area contributed by atoms with E-state index in [1.54, 1.807) is 19.2 Å². The topological polar surface area (TPSA) is 87.8 Å². The van der Waals surface area contributed by atoms with Gasteiger partial charge in [0.1, 0.15) is 5.65 Å². The molecule has 15 heavy (non-hydrogen) atoms. The third-order valence-corrected chi connectivity index (χ3v) is 1.95. The van der Waals surface area contributed by atoms with Gasteiger partial charge in [-0.25, -0.2) is 4.79 Å². The molecule has 6 nitrogen and oxygen atoms in total. The van der Waals surface area contributed by atoms with E-state index in [-0.39, 0.29) is 12.3 Å². The van der Waals surface area contributed by atoms with Gasteiger partial charge in [-0.05, 0) is 13.0 Å². The molecule has 2 aromatic rings. The predicted octanol–water partition coefficient (Wildman–Crippen LogP) is 0.428. The molecule has 78 valence electrons. The maximum atomic E-state index is 11.7. The molecule has 0 radical (unpaired) electrons. The van der Waals surface area contributed by atoms with Gasteiger partial charge in [0.2, 0.25) is 11.1 Å². The number of carbonyl (C=O) groups excluding carboxylic acids is 1. The smallest absolute Gasteiger partial charge is 0.362 e. The van der Waals surface area contributed by atoms with E-state index in [4.69, 9.17) is 4.74 Å². The lowest BCUT2D eigenvalue weighted by atomic mass is 10.3. The summed E-state index contributed by atoms with van der Waals surface area (Å²) in [7, 11) is 0.